The third kappa shape index (κ3) is 3.97. The van der Waals surface area contributed by atoms with Crippen LogP contribution >= 0.6 is 22.7 Å². The number of carbonyl (C=O) groups is 1. The molecule has 0 saturated heterocycles. The molecule has 118 valence electrons. The van der Waals surface area contributed by atoms with Gasteiger partial charge in [-0.1, -0.05) is 18.2 Å². The molecule has 1 N–H and O–H groups in total. The van der Waals surface area contributed by atoms with Gasteiger partial charge in [-0.25, -0.2) is 4.39 Å². The molecule has 0 saturated carbocycles. The first-order valence-electron chi connectivity index (χ1n) is 6.96. The fourth-order valence-corrected chi connectivity index (χ4v) is 3.61. The van der Waals surface area contributed by atoms with Crippen LogP contribution in [0.5, 0.6) is 5.75 Å². The second-order valence-corrected chi connectivity index (χ2v) is 6.55. The summed E-state index contributed by atoms with van der Waals surface area (Å²) in [6.45, 7) is -0.229. The highest BCUT2D eigenvalue weighted by molar-refractivity contribution is 7.10. The highest BCUT2D eigenvalue weighted by Crippen LogP contribution is 2.27. The summed E-state index contributed by atoms with van der Waals surface area (Å²) in [5.74, 6) is -0.698. The molecule has 2 heterocycles. The lowest BCUT2D eigenvalue weighted by Gasteiger charge is -2.17. The second-order valence-electron chi connectivity index (χ2n) is 4.79. The molecular weight excluding hydrogens is 333 g/mol. The van der Waals surface area contributed by atoms with Gasteiger partial charge in [0.05, 0.1) is 6.04 Å². The van der Waals surface area contributed by atoms with Crippen molar-refractivity contribution >= 4 is 28.6 Å². The Labute approximate surface area is 141 Å². The lowest BCUT2D eigenvalue weighted by molar-refractivity contribution is -0.123. The molecule has 0 bridgehead atoms. The maximum Gasteiger partial charge on any atom is 0.258 e. The number of hydrogen-bond acceptors (Lipinski definition) is 4. The largest absolute Gasteiger partial charge is 0.481 e. The number of nitrogens with one attached hydrogen (secondary N) is 1. The molecule has 1 amide bonds. The predicted molar refractivity (Wildman–Crippen MR) is 90.5 cm³/mol. The Morgan fingerprint density at radius 3 is 2.74 bits per heavy atom. The van der Waals surface area contributed by atoms with Gasteiger partial charge in [0.1, 0.15) is 0 Å². The summed E-state index contributed by atoms with van der Waals surface area (Å²) < 4.78 is 18.7. The SMILES string of the molecule is O=C(COc1ccccc1F)NC(c1ccsc1)c1cccs1. The summed E-state index contributed by atoms with van der Waals surface area (Å²) in [7, 11) is 0. The molecule has 0 aliphatic rings. The summed E-state index contributed by atoms with van der Waals surface area (Å²) in [5.41, 5.74) is 1.02. The Kier molecular flexibility index (Phi) is 5.05. The Morgan fingerprint density at radius 2 is 2.04 bits per heavy atom. The maximum atomic E-state index is 13.5. The molecule has 23 heavy (non-hydrogen) atoms. The zero-order chi connectivity index (χ0) is 16.1. The molecule has 3 nitrogen and oxygen atoms in total. The van der Waals surface area contributed by atoms with Crippen LogP contribution in [0.15, 0.2) is 58.6 Å². The van der Waals surface area contributed by atoms with E-state index in [4.69, 9.17) is 4.74 Å². The first kappa shape index (κ1) is 15.7. The van der Waals surface area contributed by atoms with E-state index in [1.54, 1.807) is 34.8 Å². The van der Waals surface area contributed by atoms with Crippen LogP contribution in [0.2, 0.25) is 0 Å². The van der Waals surface area contributed by atoms with Gasteiger partial charge in [-0.3, -0.25) is 4.79 Å². The predicted octanol–water partition coefficient (Wildman–Crippen LogP) is 4.23. The van der Waals surface area contributed by atoms with Crippen molar-refractivity contribution in [1.29, 1.82) is 0 Å². The molecule has 2 aromatic heterocycles. The van der Waals surface area contributed by atoms with Crippen molar-refractivity contribution in [3.05, 3.63) is 74.9 Å². The van der Waals surface area contributed by atoms with Gasteiger partial charge in [-0.15, -0.1) is 11.3 Å². The van der Waals surface area contributed by atoms with E-state index in [1.807, 2.05) is 34.3 Å². The number of amides is 1. The Balaban J connectivity index is 1.66. The summed E-state index contributed by atoms with van der Waals surface area (Å²) in [6, 6.07) is 11.7. The topological polar surface area (TPSA) is 38.3 Å². The quantitative estimate of drug-likeness (QED) is 0.724. The number of para-hydroxylation sites is 1. The summed E-state index contributed by atoms with van der Waals surface area (Å²) >= 11 is 3.15. The van der Waals surface area contributed by atoms with Crippen molar-refractivity contribution in [2.45, 2.75) is 6.04 Å². The molecule has 0 aliphatic carbocycles. The van der Waals surface area contributed by atoms with Crippen molar-refractivity contribution < 1.29 is 13.9 Å². The van der Waals surface area contributed by atoms with E-state index in [0.717, 1.165) is 10.4 Å². The van der Waals surface area contributed by atoms with Gasteiger partial charge in [0.2, 0.25) is 0 Å². The number of ether oxygens (including phenoxy) is 1. The van der Waals surface area contributed by atoms with Gasteiger partial charge < -0.3 is 10.1 Å². The zero-order valence-electron chi connectivity index (χ0n) is 12.1. The van der Waals surface area contributed by atoms with Gasteiger partial charge in [0, 0.05) is 4.88 Å². The van der Waals surface area contributed by atoms with Gasteiger partial charge >= 0.3 is 0 Å². The summed E-state index contributed by atoms with van der Waals surface area (Å²) in [4.78, 5) is 13.2. The molecule has 1 atom stereocenters. The van der Waals surface area contributed by atoms with Crippen LogP contribution in [-0.4, -0.2) is 12.5 Å². The minimum atomic E-state index is -0.479. The fraction of sp³-hybridized carbons (Fsp3) is 0.118. The normalized spacial score (nSPS) is 11.9. The lowest BCUT2D eigenvalue weighted by atomic mass is 10.1. The molecule has 0 spiro atoms. The monoisotopic (exact) mass is 347 g/mol. The highest BCUT2D eigenvalue weighted by atomic mass is 32.1. The van der Waals surface area contributed by atoms with E-state index in [1.165, 1.54) is 12.1 Å². The first-order valence-corrected chi connectivity index (χ1v) is 8.78. The zero-order valence-corrected chi connectivity index (χ0v) is 13.7. The van der Waals surface area contributed by atoms with Gasteiger partial charge in [0.15, 0.2) is 18.2 Å². The van der Waals surface area contributed by atoms with Gasteiger partial charge in [-0.05, 0) is 46.0 Å². The van der Waals surface area contributed by atoms with Crippen LogP contribution in [0.1, 0.15) is 16.5 Å². The van der Waals surface area contributed by atoms with Crippen molar-refractivity contribution in [3.63, 3.8) is 0 Å². The number of carbonyl (C=O) groups excluding carboxylic acids is 1. The van der Waals surface area contributed by atoms with Crippen molar-refractivity contribution in [2.75, 3.05) is 6.61 Å². The number of halogens is 1. The van der Waals surface area contributed by atoms with Crippen molar-refractivity contribution in [3.8, 4) is 5.75 Å². The Morgan fingerprint density at radius 1 is 1.17 bits per heavy atom. The van der Waals surface area contributed by atoms with Crippen molar-refractivity contribution in [1.82, 2.24) is 5.32 Å². The molecule has 3 rings (SSSR count). The minimum Gasteiger partial charge on any atom is -0.481 e. The third-order valence-corrected chi connectivity index (χ3v) is 4.84. The maximum absolute atomic E-state index is 13.5. The Hall–Kier alpha value is -2.18. The van der Waals surface area contributed by atoms with Gasteiger partial charge in [0.25, 0.3) is 5.91 Å². The van der Waals surface area contributed by atoms with Crippen LogP contribution in [0.25, 0.3) is 0 Å². The second kappa shape index (κ2) is 7.39. The fourth-order valence-electron chi connectivity index (χ4n) is 2.12. The number of rotatable bonds is 6. The van der Waals surface area contributed by atoms with Crippen LogP contribution in [0.4, 0.5) is 4.39 Å². The average molecular weight is 347 g/mol. The smallest absolute Gasteiger partial charge is 0.258 e. The van der Waals surface area contributed by atoms with E-state index < -0.39 is 5.82 Å². The van der Waals surface area contributed by atoms with Crippen LogP contribution in [-0.2, 0) is 4.79 Å². The average Bonchev–Trinajstić information content (AvgIpc) is 3.25. The van der Waals surface area contributed by atoms with Gasteiger partial charge in [-0.2, -0.15) is 11.3 Å². The van der Waals surface area contributed by atoms with Crippen LogP contribution in [0.3, 0.4) is 0 Å². The third-order valence-electron chi connectivity index (χ3n) is 3.20. The van der Waals surface area contributed by atoms with Crippen LogP contribution < -0.4 is 10.1 Å². The van der Waals surface area contributed by atoms with Crippen molar-refractivity contribution in [2.24, 2.45) is 0 Å². The number of benzene rings is 1. The van der Waals surface area contributed by atoms with E-state index in [2.05, 4.69) is 5.32 Å². The molecular formula is C17H14FNO2S2. The molecule has 6 heteroatoms. The summed E-state index contributed by atoms with van der Waals surface area (Å²) in [5, 5.41) is 8.88. The molecule has 3 aromatic rings. The molecule has 0 aliphatic heterocycles. The van der Waals surface area contributed by atoms with Crippen LogP contribution in [0, 0.1) is 5.82 Å². The number of thiophene rings is 2. The standard InChI is InChI=1S/C17H14FNO2S2/c18-13-4-1-2-5-14(13)21-10-16(20)19-17(12-7-9-22-11-12)15-6-3-8-23-15/h1-9,11,17H,10H2,(H,19,20). The highest BCUT2D eigenvalue weighted by Gasteiger charge is 2.18. The molecule has 0 fully saturated rings. The van der Waals surface area contributed by atoms with E-state index in [9.17, 15) is 9.18 Å². The Bertz CT molecular complexity index is 723. The summed E-state index contributed by atoms with van der Waals surface area (Å²) in [6.07, 6.45) is 0. The lowest BCUT2D eigenvalue weighted by Crippen LogP contribution is -2.32. The number of hydrogen-bond donors (Lipinski definition) is 1. The molecule has 1 unspecified atom stereocenters. The van der Waals surface area contributed by atoms with E-state index in [0.29, 0.717) is 0 Å². The van der Waals surface area contributed by atoms with E-state index >= 15 is 0 Å². The van der Waals surface area contributed by atoms with E-state index in [-0.39, 0.29) is 24.3 Å². The molecule has 1 aromatic carbocycles. The first-order chi connectivity index (χ1) is 11.2. The molecule has 0 radical (unpaired) electrons. The minimum absolute atomic E-state index is 0.0749.